The number of hydrogen-bond donors (Lipinski definition) is 0. The molecule has 0 fully saturated rings. The van der Waals surface area contributed by atoms with Gasteiger partial charge in [-0.05, 0) is 42.5 Å². The fourth-order valence-corrected chi connectivity index (χ4v) is 3.62. The minimum atomic E-state index is 0.390. The standard InChI is InChI=1S/C22H18N4O/c1-2-6-20-15(4-1)8-9-17(25-20)13-27-22-10-19(16-11-23-14-24-12-16)18-5-3-7-21(18)26-22/h1-2,4,6,8-12,14H,3,5,7,13H2. The topological polar surface area (TPSA) is 60.8 Å². The number of ether oxygens (including phenoxy) is 1. The van der Waals surface area contributed by atoms with Crippen molar-refractivity contribution in [2.24, 2.45) is 0 Å². The first kappa shape index (κ1) is 15.9. The maximum atomic E-state index is 6.01. The second kappa shape index (κ2) is 6.76. The summed E-state index contributed by atoms with van der Waals surface area (Å²) in [6.07, 6.45) is 8.39. The van der Waals surface area contributed by atoms with Crippen molar-refractivity contribution in [2.75, 3.05) is 0 Å². The number of hydrogen-bond acceptors (Lipinski definition) is 5. The molecule has 3 aromatic heterocycles. The van der Waals surface area contributed by atoms with Crippen LogP contribution in [0.5, 0.6) is 5.88 Å². The number of pyridine rings is 2. The molecule has 0 atom stereocenters. The Kier molecular flexibility index (Phi) is 3.98. The van der Waals surface area contributed by atoms with Crippen molar-refractivity contribution in [3.63, 3.8) is 0 Å². The van der Waals surface area contributed by atoms with Gasteiger partial charge in [-0.1, -0.05) is 24.3 Å². The molecule has 27 heavy (non-hydrogen) atoms. The molecule has 0 bridgehead atoms. The summed E-state index contributed by atoms with van der Waals surface area (Å²) in [6, 6.07) is 14.2. The lowest BCUT2D eigenvalue weighted by molar-refractivity contribution is 0.289. The van der Waals surface area contributed by atoms with Crippen molar-refractivity contribution in [1.82, 2.24) is 19.9 Å². The van der Waals surface area contributed by atoms with Crippen molar-refractivity contribution in [3.8, 4) is 17.0 Å². The molecule has 1 aliphatic carbocycles. The van der Waals surface area contributed by atoms with Crippen LogP contribution >= 0.6 is 0 Å². The first-order chi connectivity index (χ1) is 13.4. The summed E-state index contributed by atoms with van der Waals surface area (Å²) in [6.45, 7) is 0.390. The third-order valence-corrected chi connectivity index (χ3v) is 4.92. The second-order valence-corrected chi connectivity index (χ2v) is 6.70. The highest BCUT2D eigenvalue weighted by molar-refractivity contribution is 5.78. The molecule has 0 unspecified atom stereocenters. The van der Waals surface area contributed by atoms with E-state index in [4.69, 9.17) is 9.72 Å². The van der Waals surface area contributed by atoms with Crippen LogP contribution in [-0.4, -0.2) is 19.9 Å². The summed E-state index contributed by atoms with van der Waals surface area (Å²) >= 11 is 0. The Hall–Kier alpha value is -3.34. The molecule has 5 nitrogen and oxygen atoms in total. The SMILES string of the molecule is c1ccc2nc(COc3cc(-c4cncnc4)c4c(n3)CCC4)ccc2c1. The van der Waals surface area contributed by atoms with Gasteiger partial charge in [-0.3, -0.25) is 0 Å². The van der Waals surface area contributed by atoms with E-state index in [0.29, 0.717) is 12.5 Å². The molecule has 0 radical (unpaired) electrons. The highest BCUT2D eigenvalue weighted by atomic mass is 16.5. The van der Waals surface area contributed by atoms with Crippen molar-refractivity contribution >= 4 is 10.9 Å². The van der Waals surface area contributed by atoms with Crippen LogP contribution in [-0.2, 0) is 19.4 Å². The Labute approximate surface area is 157 Å². The average molecular weight is 354 g/mol. The Morgan fingerprint density at radius 1 is 0.926 bits per heavy atom. The lowest BCUT2D eigenvalue weighted by Crippen LogP contribution is -2.02. The zero-order valence-electron chi connectivity index (χ0n) is 14.8. The Morgan fingerprint density at radius 3 is 2.74 bits per heavy atom. The van der Waals surface area contributed by atoms with Gasteiger partial charge in [0, 0.05) is 35.1 Å². The molecule has 0 saturated heterocycles. The molecule has 1 aromatic carbocycles. The van der Waals surface area contributed by atoms with Crippen molar-refractivity contribution in [2.45, 2.75) is 25.9 Å². The van der Waals surface area contributed by atoms with Gasteiger partial charge in [-0.15, -0.1) is 0 Å². The van der Waals surface area contributed by atoms with Crippen LogP contribution in [0.4, 0.5) is 0 Å². The number of nitrogens with zero attached hydrogens (tertiary/aromatic N) is 4. The third-order valence-electron chi connectivity index (χ3n) is 4.92. The predicted octanol–water partition coefficient (Wildman–Crippen LogP) is 4.15. The number of fused-ring (bicyclic) bond motifs is 2. The van der Waals surface area contributed by atoms with E-state index in [9.17, 15) is 0 Å². The van der Waals surface area contributed by atoms with Gasteiger partial charge in [-0.2, -0.15) is 0 Å². The van der Waals surface area contributed by atoms with Gasteiger partial charge in [0.15, 0.2) is 0 Å². The first-order valence-electron chi connectivity index (χ1n) is 9.12. The molecular formula is C22H18N4O. The van der Waals surface area contributed by atoms with Gasteiger partial charge in [0.2, 0.25) is 5.88 Å². The van der Waals surface area contributed by atoms with E-state index >= 15 is 0 Å². The van der Waals surface area contributed by atoms with Crippen molar-refractivity contribution < 1.29 is 4.74 Å². The summed E-state index contributed by atoms with van der Waals surface area (Å²) in [7, 11) is 0. The smallest absolute Gasteiger partial charge is 0.214 e. The fourth-order valence-electron chi connectivity index (χ4n) is 3.62. The van der Waals surface area contributed by atoms with Crippen LogP contribution < -0.4 is 4.74 Å². The van der Waals surface area contributed by atoms with E-state index < -0.39 is 0 Å². The van der Waals surface area contributed by atoms with Gasteiger partial charge < -0.3 is 4.74 Å². The molecule has 0 N–H and O–H groups in total. The number of benzene rings is 1. The van der Waals surface area contributed by atoms with Crippen LogP contribution in [0.1, 0.15) is 23.4 Å². The van der Waals surface area contributed by atoms with Gasteiger partial charge in [0.05, 0.1) is 11.2 Å². The van der Waals surface area contributed by atoms with Crippen LogP contribution in [0.25, 0.3) is 22.0 Å². The summed E-state index contributed by atoms with van der Waals surface area (Å²) < 4.78 is 6.01. The molecule has 4 aromatic rings. The molecule has 0 aliphatic heterocycles. The van der Waals surface area contributed by atoms with Crippen LogP contribution in [0.3, 0.4) is 0 Å². The zero-order valence-corrected chi connectivity index (χ0v) is 14.8. The van der Waals surface area contributed by atoms with E-state index in [2.05, 4.69) is 27.1 Å². The van der Waals surface area contributed by atoms with E-state index in [0.717, 1.165) is 52.7 Å². The highest BCUT2D eigenvalue weighted by Crippen LogP contribution is 2.33. The summed E-state index contributed by atoms with van der Waals surface area (Å²) in [5, 5.41) is 1.13. The molecule has 132 valence electrons. The lowest BCUT2D eigenvalue weighted by Gasteiger charge is -2.12. The van der Waals surface area contributed by atoms with Crippen molar-refractivity contribution in [1.29, 1.82) is 0 Å². The van der Waals surface area contributed by atoms with Gasteiger partial charge in [0.1, 0.15) is 12.9 Å². The summed E-state index contributed by atoms with van der Waals surface area (Å²) in [5.41, 5.74) is 6.41. The van der Waals surface area contributed by atoms with Crippen LogP contribution in [0.15, 0.2) is 61.2 Å². The van der Waals surface area contributed by atoms with Crippen molar-refractivity contribution in [3.05, 3.63) is 78.1 Å². The third kappa shape index (κ3) is 3.12. The lowest BCUT2D eigenvalue weighted by atomic mass is 10.0. The second-order valence-electron chi connectivity index (χ2n) is 6.70. The van der Waals surface area contributed by atoms with E-state index in [1.54, 1.807) is 6.33 Å². The molecule has 5 rings (SSSR count). The largest absolute Gasteiger partial charge is 0.471 e. The molecule has 0 amide bonds. The number of para-hydroxylation sites is 1. The average Bonchev–Trinajstić information content (AvgIpc) is 3.21. The summed E-state index contributed by atoms with van der Waals surface area (Å²) in [4.78, 5) is 17.7. The number of aryl methyl sites for hydroxylation is 1. The molecule has 0 spiro atoms. The fraction of sp³-hybridized carbons (Fsp3) is 0.182. The maximum absolute atomic E-state index is 6.01. The Morgan fingerprint density at radius 2 is 1.81 bits per heavy atom. The Bertz CT molecular complexity index is 1110. The van der Waals surface area contributed by atoms with E-state index in [1.165, 1.54) is 5.56 Å². The molecular weight excluding hydrogens is 336 g/mol. The Balaban J connectivity index is 1.45. The minimum absolute atomic E-state index is 0.390. The first-order valence-corrected chi connectivity index (χ1v) is 9.12. The molecule has 0 saturated carbocycles. The van der Waals surface area contributed by atoms with Crippen LogP contribution in [0.2, 0.25) is 0 Å². The van der Waals surface area contributed by atoms with Gasteiger partial charge in [-0.25, -0.2) is 19.9 Å². The quantitative estimate of drug-likeness (QED) is 0.551. The molecule has 1 aliphatic rings. The van der Waals surface area contributed by atoms with E-state index in [1.807, 2.05) is 42.7 Å². The predicted molar refractivity (Wildman–Crippen MR) is 103 cm³/mol. The normalized spacial score (nSPS) is 12.9. The number of rotatable bonds is 4. The van der Waals surface area contributed by atoms with Gasteiger partial charge >= 0.3 is 0 Å². The minimum Gasteiger partial charge on any atom is -0.471 e. The monoisotopic (exact) mass is 354 g/mol. The number of aromatic nitrogens is 4. The molecule has 5 heteroatoms. The summed E-state index contributed by atoms with van der Waals surface area (Å²) in [5.74, 6) is 0.629. The molecule has 3 heterocycles. The van der Waals surface area contributed by atoms with E-state index in [-0.39, 0.29) is 0 Å². The maximum Gasteiger partial charge on any atom is 0.214 e. The zero-order chi connectivity index (χ0) is 18.1. The van der Waals surface area contributed by atoms with Crippen LogP contribution in [0, 0.1) is 0 Å². The van der Waals surface area contributed by atoms with Gasteiger partial charge in [0.25, 0.3) is 0 Å². The highest BCUT2D eigenvalue weighted by Gasteiger charge is 2.19.